The fraction of sp³-hybridized carbons (Fsp3) is 0.357. The maximum Gasteiger partial charge on any atom is 0.361 e. The second-order valence-corrected chi connectivity index (χ2v) is 4.63. The van der Waals surface area contributed by atoms with Gasteiger partial charge in [0.2, 0.25) is 0 Å². The van der Waals surface area contributed by atoms with Crippen LogP contribution in [0.5, 0.6) is 0 Å². The van der Waals surface area contributed by atoms with Crippen molar-refractivity contribution < 1.29 is 18.7 Å². The van der Waals surface area contributed by atoms with E-state index in [1.54, 1.807) is 30.8 Å². The maximum atomic E-state index is 12.0. The molecule has 1 N–H and O–H groups in total. The van der Waals surface area contributed by atoms with Crippen molar-refractivity contribution in [1.29, 1.82) is 0 Å². The molecule has 2 heterocycles. The molecule has 0 saturated carbocycles. The smallest absolute Gasteiger partial charge is 0.361 e. The van der Waals surface area contributed by atoms with Crippen molar-refractivity contribution in [1.82, 2.24) is 9.78 Å². The topological polar surface area (TPSA) is 86.4 Å². The van der Waals surface area contributed by atoms with Crippen LogP contribution in [0.25, 0.3) is 0 Å². The summed E-state index contributed by atoms with van der Waals surface area (Å²) < 4.78 is 11.7. The van der Waals surface area contributed by atoms with Crippen LogP contribution < -0.4 is 5.32 Å². The van der Waals surface area contributed by atoms with Crippen LogP contribution in [0.3, 0.4) is 0 Å². The van der Waals surface area contributed by atoms with Gasteiger partial charge in [0.15, 0.2) is 11.5 Å². The normalized spacial score (nSPS) is 10.7. The molecular weight excluding hydrogens is 274 g/mol. The van der Waals surface area contributed by atoms with Crippen molar-refractivity contribution in [2.75, 3.05) is 5.32 Å². The lowest BCUT2D eigenvalue weighted by molar-refractivity contribution is 0.0371. The average molecular weight is 291 g/mol. The fourth-order valence-electron chi connectivity index (χ4n) is 1.69. The Morgan fingerprint density at radius 2 is 2.24 bits per heavy atom. The van der Waals surface area contributed by atoms with Crippen molar-refractivity contribution in [3.63, 3.8) is 0 Å². The number of furan rings is 1. The van der Waals surface area contributed by atoms with E-state index < -0.39 is 11.9 Å². The number of aromatic nitrogens is 2. The van der Waals surface area contributed by atoms with Gasteiger partial charge >= 0.3 is 5.97 Å². The van der Waals surface area contributed by atoms with Crippen LogP contribution in [0, 0.1) is 0 Å². The highest BCUT2D eigenvalue weighted by atomic mass is 16.5. The summed E-state index contributed by atoms with van der Waals surface area (Å²) in [6.45, 7) is 5.94. The van der Waals surface area contributed by atoms with Gasteiger partial charge in [-0.15, -0.1) is 0 Å². The zero-order valence-corrected chi connectivity index (χ0v) is 12.1. The zero-order valence-electron chi connectivity index (χ0n) is 12.1. The molecule has 2 aromatic heterocycles. The van der Waals surface area contributed by atoms with E-state index in [1.165, 1.54) is 12.3 Å². The Morgan fingerprint density at radius 3 is 2.81 bits per heavy atom. The van der Waals surface area contributed by atoms with Crippen LogP contribution in [0.15, 0.2) is 29.0 Å². The molecule has 0 radical (unpaired) electrons. The number of hydrogen-bond acceptors (Lipinski definition) is 5. The SMILES string of the molecule is CCn1cc(NC(=O)c2ccco2)c(C(=O)OC(C)C)n1. The molecule has 0 aliphatic heterocycles. The third-order valence-electron chi connectivity index (χ3n) is 2.61. The van der Waals surface area contributed by atoms with Crippen LogP contribution in [0.2, 0.25) is 0 Å². The minimum Gasteiger partial charge on any atom is -0.459 e. The van der Waals surface area contributed by atoms with Crippen LogP contribution in [0.4, 0.5) is 5.69 Å². The monoisotopic (exact) mass is 291 g/mol. The molecule has 0 aliphatic carbocycles. The molecule has 2 aromatic rings. The van der Waals surface area contributed by atoms with E-state index in [4.69, 9.17) is 9.15 Å². The number of anilines is 1. The molecular formula is C14H17N3O4. The molecule has 7 nitrogen and oxygen atoms in total. The van der Waals surface area contributed by atoms with Crippen molar-refractivity contribution in [2.45, 2.75) is 33.4 Å². The van der Waals surface area contributed by atoms with E-state index in [0.717, 1.165) is 0 Å². The first kappa shape index (κ1) is 14.8. The second-order valence-electron chi connectivity index (χ2n) is 4.63. The summed E-state index contributed by atoms with van der Waals surface area (Å²) in [5, 5.41) is 6.72. The number of esters is 1. The van der Waals surface area contributed by atoms with E-state index in [0.29, 0.717) is 12.2 Å². The van der Waals surface area contributed by atoms with Gasteiger partial charge in [0.05, 0.1) is 18.1 Å². The van der Waals surface area contributed by atoms with Gasteiger partial charge in [-0.1, -0.05) is 0 Å². The molecule has 0 aliphatic rings. The number of rotatable bonds is 5. The third-order valence-corrected chi connectivity index (χ3v) is 2.61. The van der Waals surface area contributed by atoms with E-state index in [9.17, 15) is 9.59 Å². The molecule has 1 amide bonds. The molecule has 0 unspecified atom stereocenters. The zero-order chi connectivity index (χ0) is 15.4. The number of aryl methyl sites for hydroxylation is 1. The van der Waals surface area contributed by atoms with Crippen LogP contribution in [-0.2, 0) is 11.3 Å². The standard InChI is InChI=1S/C14H17N3O4/c1-4-17-8-10(12(16-17)14(19)21-9(2)3)15-13(18)11-6-5-7-20-11/h5-9H,4H2,1-3H3,(H,15,18). The Bertz CT molecular complexity index is 629. The van der Waals surface area contributed by atoms with Gasteiger partial charge in [-0.05, 0) is 32.9 Å². The summed E-state index contributed by atoms with van der Waals surface area (Å²) in [4.78, 5) is 24.0. The molecule has 21 heavy (non-hydrogen) atoms. The van der Waals surface area contributed by atoms with E-state index >= 15 is 0 Å². The number of nitrogens with one attached hydrogen (secondary N) is 1. The number of ether oxygens (including phenoxy) is 1. The van der Waals surface area contributed by atoms with Crippen LogP contribution >= 0.6 is 0 Å². The Balaban J connectivity index is 2.23. The average Bonchev–Trinajstić information content (AvgIpc) is 3.06. The molecule has 112 valence electrons. The maximum absolute atomic E-state index is 12.0. The minimum atomic E-state index is -0.577. The van der Waals surface area contributed by atoms with E-state index in [1.807, 2.05) is 6.92 Å². The van der Waals surface area contributed by atoms with Gasteiger partial charge in [-0.3, -0.25) is 9.48 Å². The number of carbonyl (C=O) groups is 2. The quantitative estimate of drug-likeness (QED) is 0.854. The minimum absolute atomic E-state index is 0.0745. The van der Waals surface area contributed by atoms with E-state index in [2.05, 4.69) is 10.4 Å². The molecule has 0 spiro atoms. The van der Waals surface area contributed by atoms with Crippen molar-refractivity contribution in [2.24, 2.45) is 0 Å². The van der Waals surface area contributed by atoms with Crippen LogP contribution in [-0.4, -0.2) is 27.8 Å². The molecule has 0 saturated heterocycles. The van der Waals surface area contributed by atoms with Gasteiger partial charge in [0.1, 0.15) is 0 Å². The molecule has 0 aromatic carbocycles. The molecule has 2 rings (SSSR count). The Kier molecular flexibility index (Phi) is 4.42. The summed E-state index contributed by atoms with van der Waals surface area (Å²) in [7, 11) is 0. The lowest BCUT2D eigenvalue weighted by Crippen LogP contribution is -2.17. The highest BCUT2D eigenvalue weighted by Gasteiger charge is 2.21. The van der Waals surface area contributed by atoms with Gasteiger partial charge in [0.25, 0.3) is 5.91 Å². The molecule has 7 heteroatoms. The van der Waals surface area contributed by atoms with Crippen LogP contribution in [0.1, 0.15) is 41.8 Å². The highest BCUT2D eigenvalue weighted by molar-refractivity contribution is 6.05. The summed E-state index contributed by atoms with van der Waals surface area (Å²) >= 11 is 0. The number of amides is 1. The Morgan fingerprint density at radius 1 is 1.48 bits per heavy atom. The van der Waals surface area contributed by atoms with Gasteiger partial charge < -0.3 is 14.5 Å². The first-order valence-electron chi connectivity index (χ1n) is 6.64. The number of nitrogens with zero attached hydrogens (tertiary/aromatic N) is 2. The number of hydrogen-bond donors (Lipinski definition) is 1. The highest BCUT2D eigenvalue weighted by Crippen LogP contribution is 2.17. The second kappa shape index (κ2) is 6.25. The molecule has 0 atom stereocenters. The lowest BCUT2D eigenvalue weighted by atomic mass is 10.3. The predicted octanol–water partition coefficient (Wildman–Crippen LogP) is 2.31. The van der Waals surface area contributed by atoms with Gasteiger partial charge in [-0.25, -0.2) is 4.79 Å². The first-order chi connectivity index (χ1) is 10.0. The van der Waals surface area contributed by atoms with Crippen molar-refractivity contribution >= 4 is 17.6 Å². The van der Waals surface area contributed by atoms with Gasteiger partial charge in [0, 0.05) is 12.7 Å². The van der Waals surface area contributed by atoms with Crippen molar-refractivity contribution in [3.05, 3.63) is 36.0 Å². The Hall–Kier alpha value is -2.57. The van der Waals surface area contributed by atoms with Gasteiger partial charge in [-0.2, -0.15) is 5.10 Å². The molecule has 0 bridgehead atoms. The summed E-state index contributed by atoms with van der Waals surface area (Å²) in [6.07, 6.45) is 2.72. The third kappa shape index (κ3) is 3.50. The predicted molar refractivity (Wildman–Crippen MR) is 75.1 cm³/mol. The summed E-state index contributed by atoms with van der Waals surface area (Å²) in [5.41, 5.74) is 0.370. The van der Waals surface area contributed by atoms with E-state index in [-0.39, 0.29) is 17.6 Å². The Labute approximate surface area is 121 Å². The molecule has 0 fully saturated rings. The summed E-state index contributed by atoms with van der Waals surface area (Å²) in [5.74, 6) is -0.872. The first-order valence-corrected chi connectivity index (χ1v) is 6.64. The fourth-order valence-corrected chi connectivity index (χ4v) is 1.69. The lowest BCUT2D eigenvalue weighted by Gasteiger charge is -2.07. The summed E-state index contributed by atoms with van der Waals surface area (Å²) in [6, 6.07) is 3.14. The number of carbonyl (C=O) groups excluding carboxylic acids is 2. The largest absolute Gasteiger partial charge is 0.459 e. The van der Waals surface area contributed by atoms with Crippen molar-refractivity contribution in [3.8, 4) is 0 Å².